The van der Waals surface area contributed by atoms with Crippen LogP contribution in [0.25, 0.3) is 0 Å². The quantitative estimate of drug-likeness (QED) is 0.493. The van der Waals surface area contributed by atoms with Gasteiger partial charge in [-0.25, -0.2) is 0 Å². The van der Waals surface area contributed by atoms with Crippen molar-refractivity contribution in [2.24, 2.45) is 29.1 Å². The molecule has 4 aliphatic rings. The lowest BCUT2D eigenvalue weighted by Gasteiger charge is -2.58. The van der Waals surface area contributed by atoms with Crippen LogP contribution in [0.4, 0.5) is 5.69 Å². The molecule has 0 aromatic heterocycles. The molecule has 1 N–H and O–H groups in total. The third-order valence-electron chi connectivity index (χ3n) is 9.99. The van der Waals surface area contributed by atoms with Gasteiger partial charge in [0.2, 0.25) is 0 Å². The summed E-state index contributed by atoms with van der Waals surface area (Å²) in [7, 11) is 4.18. The molecule has 1 aromatic rings. The molecule has 0 aliphatic heterocycles. The molecule has 0 bridgehead atoms. The summed E-state index contributed by atoms with van der Waals surface area (Å²) in [5, 5.41) is 12.0. The van der Waals surface area contributed by atoms with Gasteiger partial charge < -0.3 is 10.0 Å². The average molecular weight is 464 g/mol. The molecule has 3 heteroatoms. The average Bonchev–Trinajstić information content (AvgIpc) is 3.07. The highest BCUT2D eigenvalue weighted by Gasteiger charge is 2.63. The highest BCUT2D eigenvalue weighted by atomic mass is 16.3. The maximum absolute atomic E-state index is 12.2. The molecule has 3 nitrogen and oxygen atoms in total. The van der Waals surface area contributed by atoms with Crippen molar-refractivity contribution in [3.8, 4) is 0 Å². The van der Waals surface area contributed by atoms with Crippen molar-refractivity contribution >= 4 is 11.5 Å². The van der Waals surface area contributed by atoms with E-state index in [1.54, 1.807) is 0 Å². The predicted molar refractivity (Wildman–Crippen MR) is 142 cm³/mol. The van der Waals surface area contributed by atoms with Gasteiger partial charge in [-0.2, -0.15) is 0 Å². The number of hydrogen-bond acceptors (Lipinski definition) is 3. The molecule has 0 radical (unpaired) electrons. The smallest absolute Gasteiger partial charge is 0.155 e. The Balaban J connectivity index is 0.00000274. The van der Waals surface area contributed by atoms with E-state index in [1.165, 1.54) is 23.2 Å². The molecule has 34 heavy (non-hydrogen) atoms. The fraction of sp³-hybridized carbons (Fsp3) is 0.645. The van der Waals surface area contributed by atoms with Crippen molar-refractivity contribution in [2.45, 2.75) is 84.2 Å². The van der Waals surface area contributed by atoms with E-state index in [9.17, 15) is 9.90 Å². The third-order valence-corrected chi connectivity index (χ3v) is 9.99. The van der Waals surface area contributed by atoms with E-state index in [0.29, 0.717) is 41.8 Å². The molecule has 5 rings (SSSR count). The molecule has 1 aromatic carbocycles. The first kappa shape index (κ1) is 25.2. The Kier molecular flexibility index (Phi) is 6.90. The number of ketones is 1. The minimum Gasteiger partial charge on any atom is -0.385 e. The zero-order valence-corrected chi connectivity index (χ0v) is 20.9. The van der Waals surface area contributed by atoms with E-state index in [2.05, 4.69) is 69.3 Å². The summed E-state index contributed by atoms with van der Waals surface area (Å²) in [5.74, 6) is 3.05. The molecule has 3 unspecified atom stereocenters. The molecule has 3 saturated carbocycles. The molecular formula is C31H45NO2. The van der Waals surface area contributed by atoms with E-state index in [4.69, 9.17) is 0 Å². The number of nitrogens with zero attached hydrogens (tertiary/aromatic N) is 1. The number of benzene rings is 1. The second-order valence-electron chi connectivity index (χ2n) is 11.7. The van der Waals surface area contributed by atoms with Crippen LogP contribution in [0.2, 0.25) is 0 Å². The Morgan fingerprint density at radius 2 is 1.82 bits per heavy atom. The molecule has 7 atom stereocenters. The zero-order valence-electron chi connectivity index (χ0n) is 20.9. The number of rotatable bonds is 4. The van der Waals surface area contributed by atoms with Crippen molar-refractivity contribution in [2.75, 3.05) is 19.0 Å². The Morgan fingerprint density at radius 3 is 2.50 bits per heavy atom. The van der Waals surface area contributed by atoms with E-state index in [1.807, 2.05) is 6.08 Å². The number of allylic oxidation sites excluding steroid dienone is 2. The lowest BCUT2D eigenvalue weighted by Crippen LogP contribution is -2.54. The van der Waals surface area contributed by atoms with Crippen molar-refractivity contribution in [1.82, 2.24) is 0 Å². The van der Waals surface area contributed by atoms with E-state index in [-0.39, 0.29) is 12.8 Å². The normalized spacial score (nSPS) is 39.0. The van der Waals surface area contributed by atoms with Crippen LogP contribution in [-0.4, -0.2) is 30.6 Å². The predicted octanol–water partition coefficient (Wildman–Crippen LogP) is 6.92. The highest BCUT2D eigenvalue weighted by Crippen LogP contribution is 2.68. The Bertz CT molecular complexity index is 960. The van der Waals surface area contributed by atoms with Gasteiger partial charge in [0.05, 0.1) is 5.60 Å². The Labute approximate surface area is 207 Å². The summed E-state index contributed by atoms with van der Waals surface area (Å²) in [6.45, 7) is 4.54. The first-order valence-electron chi connectivity index (χ1n) is 13.2. The van der Waals surface area contributed by atoms with Crippen LogP contribution >= 0.6 is 0 Å². The summed E-state index contributed by atoms with van der Waals surface area (Å²) in [6, 6.07) is 9.17. The van der Waals surface area contributed by atoms with Crippen molar-refractivity contribution in [1.29, 1.82) is 0 Å². The molecule has 3 fully saturated rings. The first-order chi connectivity index (χ1) is 15.8. The SMILES string of the molecule is C.CC/C=C\[C@]1(O)CCC2C3CCC4=CC(=O)CC[C@@H]4C3[C@@H](c3ccc(N(C)C)cc3)C[C@@]21C. The number of fused-ring (bicyclic) bond motifs is 5. The van der Waals surface area contributed by atoms with E-state index < -0.39 is 5.60 Å². The summed E-state index contributed by atoms with van der Waals surface area (Å²) in [5.41, 5.74) is 3.26. The number of aliphatic hydroxyl groups is 1. The van der Waals surface area contributed by atoms with Gasteiger partial charge in [-0.3, -0.25) is 4.79 Å². The van der Waals surface area contributed by atoms with Crippen LogP contribution in [0.5, 0.6) is 0 Å². The van der Waals surface area contributed by atoms with Crippen molar-refractivity contribution in [3.05, 3.63) is 53.6 Å². The summed E-state index contributed by atoms with van der Waals surface area (Å²) in [6.07, 6.45) is 14.3. The number of anilines is 1. The second kappa shape index (κ2) is 9.30. The molecule has 186 valence electrons. The standard InChI is InChI=1S/C30H41NO2.CH4/c1-5-6-16-30(33)17-15-27-25-13-9-21-18-23(32)12-14-24(21)28(25)26(19-29(27,30)2)20-7-10-22(11-8-20)31(3)4;/h6-8,10-11,16,18,24-28,33H,5,9,12-15,17,19H2,1-4H3;1H4/b16-6-;/t24-,25?,26+,27?,28?,29-,30-;/m0./s1. The van der Waals surface area contributed by atoms with Crippen LogP contribution in [0.15, 0.2) is 48.1 Å². The van der Waals surface area contributed by atoms with E-state index >= 15 is 0 Å². The molecule has 0 saturated heterocycles. The molecule has 0 spiro atoms. The fourth-order valence-corrected chi connectivity index (χ4v) is 8.29. The Hall–Kier alpha value is -1.87. The highest BCUT2D eigenvalue weighted by molar-refractivity contribution is 5.91. The van der Waals surface area contributed by atoms with Gasteiger partial charge in [0.15, 0.2) is 5.78 Å². The van der Waals surface area contributed by atoms with Gasteiger partial charge >= 0.3 is 0 Å². The van der Waals surface area contributed by atoms with Gasteiger partial charge in [-0.15, -0.1) is 0 Å². The van der Waals surface area contributed by atoms with Gasteiger partial charge in [-0.05, 0) is 98.3 Å². The minimum atomic E-state index is -0.709. The molecule has 0 heterocycles. The molecular weight excluding hydrogens is 418 g/mol. The first-order valence-corrected chi connectivity index (χ1v) is 13.2. The number of hydrogen-bond donors (Lipinski definition) is 1. The maximum atomic E-state index is 12.2. The molecule has 0 amide bonds. The lowest BCUT2D eigenvalue weighted by atomic mass is 9.46. The van der Waals surface area contributed by atoms with Crippen LogP contribution in [0.3, 0.4) is 0 Å². The second-order valence-corrected chi connectivity index (χ2v) is 11.7. The summed E-state index contributed by atoms with van der Waals surface area (Å²) < 4.78 is 0. The largest absolute Gasteiger partial charge is 0.385 e. The fourth-order valence-electron chi connectivity index (χ4n) is 8.29. The number of carbonyl (C=O) groups is 1. The topological polar surface area (TPSA) is 40.5 Å². The minimum absolute atomic E-state index is 0. The summed E-state index contributed by atoms with van der Waals surface area (Å²) >= 11 is 0. The van der Waals surface area contributed by atoms with Gasteiger partial charge in [-0.1, -0.05) is 51.1 Å². The third kappa shape index (κ3) is 3.88. The van der Waals surface area contributed by atoms with Crippen LogP contribution in [0.1, 0.15) is 84.1 Å². The van der Waals surface area contributed by atoms with Gasteiger partial charge in [0.25, 0.3) is 0 Å². The maximum Gasteiger partial charge on any atom is 0.155 e. The van der Waals surface area contributed by atoms with Crippen molar-refractivity contribution in [3.63, 3.8) is 0 Å². The molecule has 4 aliphatic carbocycles. The van der Waals surface area contributed by atoms with Crippen LogP contribution in [0, 0.1) is 29.1 Å². The van der Waals surface area contributed by atoms with E-state index in [0.717, 1.165) is 38.5 Å². The number of carbonyl (C=O) groups excluding carboxylic acids is 1. The van der Waals surface area contributed by atoms with Crippen LogP contribution in [-0.2, 0) is 4.79 Å². The summed E-state index contributed by atoms with van der Waals surface area (Å²) in [4.78, 5) is 14.4. The van der Waals surface area contributed by atoms with Crippen molar-refractivity contribution < 1.29 is 9.90 Å². The van der Waals surface area contributed by atoms with Crippen LogP contribution < -0.4 is 4.90 Å². The zero-order chi connectivity index (χ0) is 23.4. The monoisotopic (exact) mass is 463 g/mol. The van der Waals surface area contributed by atoms with Gasteiger partial charge in [0.1, 0.15) is 0 Å². The Morgan fingerprint density at radius 1 is 1.09 bits per heavy atom. The van der Waals surface area contributed by atoms with Gasteiger partial charge in [0, 0.05) is 31.6 Å². The lowest BCUT2D eigenvalue weighted by molar-refractivity contribution is -0.117.